The van der Waals surface area contributed by atoms with Gasteiger partial charge in [-0.05, 0) is 12.1 Å². The minimum atomic E-state index is -1.06. The minimum Gasteiger partial charge on any atom is -0.478 e. The zero-order chi connectivity index (χ0) is 15.8. The molecule has 0 amide bonds. The maximum Gasteiger partial charge on any atom is 0.337 e. The van der Waals surface area contributed by atoms with Crippen LogP contribution in [0, 0.1) is 0 Å². The van der Waals surface area contributed by atoms with Crippen molar-refractivity contribution in [2.75, 3.05) is 13.2 Å². The van der Waals surface area contributed by atoms with E-state index < -0.39 is 12.0 Å². The number of imidazole rings is 1. The lowest BCUT2D eigenvalue weighted by molar-refractivity contribution is 0.0697. The molecule has 1 aromatic carbocycles. The standard InChI is InChI=1S/C15H20N2O4/c1-15(2,3)14-16-11-6-4-5-10(13(20)21)12(11)17(14)9(7-18)8-19/h4-6,9,18-19H,7-8H2,1-3H3,(H,20,21). The molecule has 2 aromatic rings. The summed E-state index contributed by atoms with van der Waals surface area (Å²) in [6, 6.07) is 4.26. The first-order valence-electron chi connectivity index (χ1n) is 6.77. The van der Waals surface area contributed by atoms with Gasteiger partial charge < -0.3 is 19.9 Å². The Bertz CT molecular complexity index is 666. The quantitative estimate of drug-likeness (QED) is 0.794. The van der Waals surface area contributed by atoms with Gasteiger partial charge in [0.15, 0.2) is 0 Å². The van der Waals surface area contributed by atoms with Gasteiger partial charge in [0.1, 0.15) is 5.82 Å². The van der Waals surface area contributed by atoms with E-state index in [9.17, 15) is 20.1 Å². The van der Waals surface area contributed by atoms with Crippen LogP contribution in [0.15, 0.2) is 18.2 Å². The molecule has 2 rings (SSSR count). The molecule has 0 saturated carbocycles. The molecule has 0 aliphatic rings. The molecule has 0 atom stereocenters. The van der Waals surface area contributed by atoms with E-state index in [2.05, 4.69) is 4.98 Å². The van der Waals surface area contributed by atoms with E-state index in [4.69, 9.17) is 0 Å². The van der Waals surface area contributed by atoms with Gasteiger partial charge in [-0.25, -0.2) is 9.78 Å². The van der Waals surface area contributed by atoms with Gasteiger partial charge in [-0.15, -0.1) is 0 Å². The van der Waals surface area contributed by atoms with E-state index >= 15 is 0 Å². The fourth-order valence-corrected chi connectivity index (χ4v) is 2.43. The summed E-state index contributed by atoms with van der Waals surface area (Å²) in [6.45, 7) is 5.28. The molecule has 1 aromatic heterocycles. The van der Waals surface area contributed by atoms with E-state index in [1.807, 2.05) is 20.8 Å². The topological polar surface area (TPSA) is 95.6 Å². The fraction of sp³-hybridized carbons (Fsp3) is 0.467. The van der Waals surface area contributed by atoms with Crippen LogP contribution in [-0.4, -0.2) is 44.1 Å². The number of carboxylic acids is 1. The number of rotatable bonds is 4. The molecule has 0 fully saturated rings. The van der Waals surface area contributed by atoms with Crippen LogP contribution < -0.4 is 0 Å². The molecule has 0 saturated heterocycles. The molecule has 6 nitrogen and oxygen atoms in total. The molecule has 3 N–H and O–H groups in total. The summed E-state index contributed by atoms with van der Waals surface area (Å²) in [7, 11) is 0. The Morgan fingerprint density at radius 1 is 1.29 bits per heavy atom. The van der Waals surface area contributed by atoms with E-state index in [0.717, 1.165) is 0 Å². The summed E-state index contributed by atoms with van der Waals surface area (Å²) in [6.07, 6.45) is 0. The molecule has 114 valence electrons. The third-order valence-electron chi connectivity index (χ3n) is 3.40. The minimum absolute atomic E-state index is 0.113. The first-order valence-corrected chi connectivity index (χ1v) is 6.77. The fourth-order valence-electron chi connectivity index (χ4n) is 2.43. The van der Waals surface area contributed by atoms with Crippen LogP contribution >= 0.6 is 0 Å². The van der Waals surface area contributed by atoms with Crippen molar-refractivity contribution in [3.63, 3.8) is 0 Å². The van der Waals surface area contributed by atoms with Crippen LogP contribution in [0.1, 0.15) is 43.0 Å². The van der Waals surface area contributed by atoms with E-state index in [0.29, 0.717) is 16.9 Å². The van der Waals surface area contributed by atoms with Crippen molar-refractivity contribution in [3.05, 3.63) is 29.6 Å². The zero-order valence-electron chi connectivity index (χ0n) is 12.4. The van der Waals surface area contributed by atoms with Crippen molar-refractivity contribution < 1.29 is 20.1 Å². The summed E-state index contributed by atoms with van der Waals surface area (Å²) in [5.41, 5.74) is 0.745. The van der Waals surface area contributed by atoms with Gasteiger partial charge in [0, 0.05) is 5.41 Å². The number of aromatic nitrogens is 2. The molecule has 0 aliphatic heterocycles. The molecule has 6 heteroatoms. The summed E-state index contributed by atoms with van der Waals surface area (Å²) in [4.78, 5) is 16.0. The number of fused-ring (bicyclic) bond motifs is 1. The van der Waals surface area contributed by atoms with E-state index in [-0.39, 0.29) is 24.2 Å². The second-order valence-electron chi connectivity index (χ2n) is 6.05. The van der Waals surface area contributed by atoms with Gasteiger partial charge in [0.05, 0.1) is 35.9 Å². The Morgan fingerprint density at radius 3 is 2.38 bits per heavy atom. The average molecular weight is 292 g/mol. The van der Waals surface area contributed by atoms with Crippen molar-refractivity contribution in [2.24, 2.45) is 0 Å². The lowest BCUT2D eigenvalue weighted by atomic mass is 9.95. The zero-order valence-corrected chi connectivity index (χ0v) is 12.4. The lowest BCUT2D eigenvalue weighted by Gasteiger charge is -2.24. The maximum atomic E-state index is 11.5. The Hall–Kier alpha value is -1.92. The Labute approximate surface area is 122 Å². The molecule has 1 heterocycles. The normalized spacial score (nSPS) is 12.3. The summed E-state index contributed by atoms with van der Waals surface area (Å²) < 4.78 is 1.65. The number of carboxylic acid groups (broad SMARTS) is 1. The summed E-state index contributed by atoms with van der Waals surface area (Å²) in [5.74, 6) is -0.420. The lowest BCUT2D eigenvalue weighted by Crippen LogP contribution is -2.26. The first-order chi connectivity index (χ1) is 9.81. The van der Waals surface area contributed by atoms with Crippen LogP contribution in [0.4, 0.5) is 0 Å². The Kier molecular flexibility index (Phi) is 4.02. The van der Waals surface area contributed by atoms with Gasteiger partial charge in [0.25, 0.3) is 0 Å². The van der Waals surface area contributed by atoms with Crippen LogP contribution in [0.3, 0.4) is 0 Å². The highest BCUT2D eigenvalue weighted by molar-refractivity contribution is 6.01. The van der Waals surface area contributed by atoms with E-state index in [1.54, 1.807) is 16.7 Å². The number of benzene rings is 1. The predicted molar refractivity (Wildman–Crippen MR) is 78.6 cm³/mol. The number of hydrogen-bond donors (Lipinski definition) is 3. The largest absolute Gasteiger partial charge is 0.478 e. The molecule has 21 heavy (non-hydrogen) atoms. The van der Waals surface area contributed by atoms with Gasteiger partial charge in [-0.2, -0.15) is 0 Å². The number of aliphatic hydroxyl groups is 2. The number of carbonyl (C=O) groups is 1. The van der Waals surface area contributed by atoms with Crippen molar-refractivity contribution >= 4 is 17.0 Å². The molecular weight excluding hydrogens is 272 g/mol. The van der Waals surface area contributed by atoms with Gasteiger partial charge in [-0.1, -0.05) is 26.8 Å². The van der Waals surface area contributed by atoms with Crippen LogP contribution in [-0.2, 0) is 5.41 Å². The Morgan fingerprint density at radius 2 is 1.90 bits per heavy atom. The van der Waals surface area contributed by atoms with Crippen molar-refractivity contribution in [1.82, 2.24) is 9.55 Å². The molecule has 0 bridgehead atoms. The van der Waals surface area contributed by atoms with Crippen molar-refractivity contribution in [1.29, 1.82) is 0 Å². The van der Waals surface area contributed by atoms with Gasteiger partial charge in [0.2, 0.25) is 0 Å². The number of aromatic carboxylic acids is 1. The number of nitrogens with zero attached hydrogens (tertiary/aromatic N) is 2. The highest BCUT2D eigenvalue weighted by Crippen LogP contribution is 2.31. The summed E-state index contributed by atoms with van der Waals surface area (Å²) >= 11 is 0. The number of para-hydroxylation sites is 1. The number of aliphatic hydroxyl groups excluding tert-OH is 2. The van der Waals surface area contributed by atoms with Crippen LogP contribution in [0.25, 0.3) is 11.0 Å². The average Bonchev–Trinajstić information content (AvgIpc) is 2.80. The maximum absolute atomic E-state index is 11.5. The molecule has 0 unspecified atom stereocenters. The van der Waals surface area contributed by atoms with Crippen LogP contribution in [0.5, 0.6) is 0 Å². The van der Waals surface area contributed by atoms with E-state index in [1.165, 1.54) is 6.07 Å². The monoisotopic (exact) mass is 292 g/mol. The van der Waals surface area contributed by atoms with Crippen molar-refractivity contribution in [3.8, 4) is 0 Å². The number of hydrogen-bond acceptors (Lipinski definition) is 4. The van der Waals surface area contributed by atoms with Crippen LogP contribution in [0.2, 0.25) is 0 Å². The highest BCUT2D eigenvalue weighted by Gasteiger charge is 2.28. The highest BCUT2D eigenvalue weighted by atomic mass is 16.4. The Balaban J connectivity index is 2.89. The second kappa shape index (κ2) is 5.46. The molecule has 0 aliphatic carbocycles. The van der Waals surface area contributed by atoms with Crippen molar-refractivity contribution in [2.45, 2.75) is 32.2 Å². The third kappa shape index (κ3) is 2.64. The SMILES string of the molecule is CC(C)(C)c1nc2cccc(C(=O)O)c2n1C(CO)CO. The smallest absolute Gasteiger partial charge is 0.337 e. The molecule has 0 radical (unpaired) electrons. The molecular formula is C15H20N2O4. The third-order valence-corrected chi connectivity index (χ3v) is 3.40. The van der Waals surface area contributed by atoms with Gasteiger partial charge >= 0.3 is 5.97 Å². The molecule has 0 spiro atoms. The summed E-state index contributed by atoms with van der Waals surface area (Å²) in [5, 5.41) is 28.4. The second-order valence-corrected chi connectivity index (χ2v) is 6.05. The first kappa shape index (κ1) is 15.5. The predicted octanol–water partition coefficient (Wildman–Crippen LogP) is 1.56. The van der Waals surface area contributed by atoms with Gasteiger partial charge in [-0.3, -0.25) is 0 Å².